The van der Waals surface area contributed by atoms with Crippen LogP contribution in [0.2, 0.25) is 5.02 Å². The fourth-order valence-corrected chi connectivity index (χ4v) is 4.48. The number of ketones is 1. The fraction of sp³-hybridized carbons (Fsp3) is 0.214. The molecule has 0 radical (unpaired) electrons. The van der Waals surface area contributed by atoms with Crippen molar-refractivity contribution >= 4 is 34.7 Å². The Labute approximate surface area is 214 Å². The van der Waals surface area contributed by atoms with Crippen molar-refractivity contribution in [1.29, 1.82) is 0 Å². The number of halogens is 1. The first-order valence-corrected chi connectivity index (χ1v) is 11.7. The Morgan fingerprint density at radius 3 is 2.17 bits per heavy atom. The number of anilines is 1. The lowest BCUT2D eigenvalue weighted by molar-refractivity contribution is -0.132. The van der Waals surface area contributed by atoms with Gasteiger partial charge in [-0.05, 0) is 47.9 Å². The highest BCUT2D eigenvalue weighted by atomic mass is 35.5. The second kappa shape index (κ2) is 10.3. The average molecular weight is 508 g/mol. The molecule has 1 N–H and O–H groups in total. The minimum Gasteiger partial charge on any atom is -0.507 e. The van der Waals surface area contributed by atoms with Crippen LogP contribution in [0.25, 0.3) is 5.76 Å². The molecule has 3 aromatic rings. The molecule has 1 atom stereocenters. The van der Waals surface area contributed by atoms with Crippen LogP contribution in [0, 0.1) is 0 Å². The first-order valence-electron chi connectivity index (χ1n) is 11.3. The van der Waals surface area contributed by atoms with Crippen LogP contribution in [0.5, 0.6) is 17.2 Å². The van der Waals surface area contributed by atoms with E-state index < -0.39 is 17.7 Å². The predicted octanol–water partition coefficient (Wildman–Crippen LogP) is 5.55. The maximum Gasteiger partial charge on any atom is 0.300 e. The number of hydrogen-bond donors (Lipinski definition) is 1. The van der Waals surface area contributed by atoms with Crippen molar-refractivity contribution in [1.82, 2.24) is 0 Å². The Kier molecular flexibility index (Phi) is 7.22. The molecule has 0 bridgehead atoms. The van der Waals surface area contributed by atoms with E-state index in [9.17, 15) is 14.7 Å². The van der Waals surface area contributed by atoms with Crippen molar-refractivity contribution in [3.63, 3.8) is 0 Å². The average Bonchev–Trinajstić information content (AvgIpc) is 3.18. The third kappa shape index (κ3) is 4.38. The quantitative estimate of drug-likeness (QED) is 0.256. The summed E-state index contributed by atoms with van der Waals surface area (Å²) in [6.07, 6.45) is 0.834. The van der Waals surface area contributed by atoms with Gasteiger partial charge < -0.3 is 19.3 Å². The maximum atomic E-state index is 13.4. The summed E-state index contributed by atoms with van der Waals surface area (Å²) >= 11 is 6.15. The Morgan fingerprint density at radius 2 is 1.56 bits per heavy atom. The van der Waals surface area contributed by atoms with Crippen LogP contribution in [0.3, 0.4) is 0 Å². The molecule has 4 rings (SSSR count). The largest absolute Gasteiger partial charge is 0.507 e. The number of amides is 1. The standard InChI is InChI=1S/C28H26ClNO6/c1-5-16-6-8-17(9-7-16)25-24(26(31)18-10-12-20(29)22(14-18)35-3)27(32)28(33)30(25)19-11-13-21(34-2)23(15-19)36-4/h6-15,25,31H,5H2,1-4H3/b26-24+. The molecule has 0 saturated carbocycles. The first kappa shape index (κ1) is 25.1. The minimum absolute atomic E-state index is 0.0385. The highest BCUT2D eigenvalue weighted by molar-refractivity contribution is 6.51. The van der Waals surface area contributed by atoms with Gasteiger partial charge in [0, 0.05) is 17.3 Å². The van der Waals surface area contributed by atoms with Crippen LogP contribution in [-0.2, 0) is 16.0 Å². The second-order valence-corrected chi connectivity index (χ2v) is 8.56. The molecular formula is C28H26ClNO6. The topological polar surface area (TPSA) is 85.3 Å². The molecule has 1 saturated heterocycles. The van der Waals surface area contributed by atoms with E-state index in [1.807, 2.05) is 31.2 Å². The van der Waals surface area contributed by atoms with Crippen molar-refractivity contribution in [2.24, 2.45) is 0 Å². The number of aliphatic hydroxyl groups excluding tert-OH is 1. The van der Waals surface area contributed by atoms with E-state index in [1.165, 1.54) is 32.3 Å². The number of ether oxygens (including phenoxy) is 3. The monoisotopic (exact) mass is 507 g/mol. The summed E-state index contributed by atoms with van der Waals surface area (Å²) in [7, 11) is 4.46. The maximum absolute atomic E-state index is 13.4. The third-order valence-corrected chi connectivity index (χ3v) is 6.53. The van der Waals surface area contributed by atoms with E-state index in [2.05, 4.69) is 0 Å². The number of rotatable bonds is 7. The highest BCUT2D eigenvalue weighted by Gasteiger charge is 2.47. The predicted molar refractivity (Wildman–Crippen MR) is 138 cm³/mol. The van der Waals surface area contributed by atoms with Crippen LogP contribution < -0.4 is 19.1 Å². The van der Waals surface area contributed by atoms with Gasteiger partial charge in [0.1, 0.15) is 11.5 Å². The number of aryl methyl sites for hydroxylation is 1. The molecule has 0 aliphatic carbocycles. The number of methoxy groups -OCH3 is 3. The second-order valence-electron chi connectivity index (χ2n) is 8.15. The van der Waals surface area contributed by atoms with Crippen molar-refractivity contribution in [3.8, 4) is 17.2 Å². The van der Waals surface area contributed by atoms with E-state index >= 15 is 0 Å². The van der Waals surface area contributed by atoms with Crippen LogP contribution in [0.1, 0.15) is 29.7 Å². The van der Waals surface area contributed by atoms with Gasteiger partial charge in [0.2, 0.25) is 0 Å². The van der Waals surface area contributed by atoms with E-state index in [0.717, 1.165) is 12.0 Å². The molecule has 0 aromatic heterocycles. The normalized spacial score (nSPS) is 16.8. The van der Waals surface area contributed by atoms with E-state index in [-0.39, 0.29) is 11.3 Å². The number of benzene rings is 3. The van der Waals surface area contributed by atoms with Gasteiger partial charge >= 0.3 is 0 Å². The summed E-state index contributed by atoms with van der Waals surface area (Å²) < 4.78 is 16.0. The molecule has 36 heavy (non-hydrogen) atoms. The molecule has 3 aromatic carbocycles. The van der Waals surface area contributed by atoms with Gasteiger partial charge in [-0.15, -0.1) is 0 Å². The zero-order chi connectivity index (χ0) is 26.0. The van der Waals surface area contributed by atoms with Crippen molar-refractivity contribution in [3.05, 3.63) is 87.9 Å². The Bertz CT molecular complexity index is 1350. The number of hydrogen-bond acceptors (Lipinski definition) is 6. The molecule has 1 fully saturated rings. The number of aliphatic hydroxyl groups is 1. The highest BCUT2D eigenvalue weighted by Crippen LogP contribution is 2.44. The summed E-state index contributed by atoms with van der Waals surface area (Å²) in [6.45, 7) is 2.04. The van der Waals surface area contributed by atoms with Gasteiger partial charge in [-0.1, -0.05) is 42.8 Å². The van der Waals surface area contributed by atoms with E-state index in [0.29, 0.717) is 39.1 Å². The molecule has 1 amide bonds. The molecule has 8 heteroatoms. The van der Waals surface area contributed by atoms with E-state index in [1.54, 1.807) is 30.3 Å². The summed E-state index contributed by atoms with van der Waals surface area (Å²) in [5.41, 5.74) is 2.46. The summed E-state index contributed by atoms with van der Waals surface area (Å²) in [6, 6.07) is 16.3. The molecular weight excluding hydrogens is 482 g/mol. The number of carbonyl (C=O) groups is 2. The van der Waals surface area contributed by atoms with Gasteiger partial charge in [-0.2, -0.15) is 0 Å². The van der Waals surface area contributed by atoms with Gasteiger partial charge in [-0.25, -0.2) is 0 Å². The lowest BCUT2D eigenvalue weighted by atomic mass is 9.94. The van der Waals surface area contributed by atoms with Crippen LogP contribution in [-0.4, -0.2) is 38.1 Å². The number of nitrogens with zero attached hydrogens (tertiary/aromatic N) is 1. The van der Waals surface area contributed by atoms with Gasteiger partial charge in [0.15, 0.2) is 11.5 Å². The molecule has 0 spiro atoms. The smallest absolute Gasteiger partial charge is 0.300 e. The zero-order valence-electron chi connectivity index (χ0n) is 20.4. The van der Waals surface area contributed by atoms with Crippen LogP contribution in [0.15, 0.2) is 66.2 Å². The summed E-state index contributed by atoms with van der Waals surface area (Å²) in [5.74, 6) is -0.682. The molecule has 1 unspecified atom stereocenters. The number of Topliss-reactive ketones (excluding diaryl/α,β-unsaturated/α-hetero) is 1. The number of carbonyl (C=O) groups excluding carboxylic acids is 2. The first-order chi connectivity index (χ1) is 17.3. The minimum atomic E-state index is -0.879. The van der Waals surface area contributed by atoms with E-state index in [4.69, 9.17) is 25.8 Å². The van der Waals surface area contributed by atoms with Gasteiger partial charge in [0.05, 0.1) is 38.0 Å². The lowest BCUT2D eigenvalue weighted by Gasteiger charge is -2.26. The molecule has 186 valence electrons. The van der Waals surface area contributed by atoms with Crippen LogP contribution in [0.4, 0.5) is 5.69 Å². The molecule has 7 nitrogen and oxygen atoms in total. The Morgan fingerprint density at radius 1 is 0.889 bits per heavy atom. The summed E-state index contributed by atoms with van der Waals surface area (Å²) in [5, 5.41) is 11.7. The van der Waals surface area contributed by atoms with Gasteiger partial charge in [-0.3, -0.25) is 14.5 Å². The van der Waals surface area contributed by atoms with Crippen molar-refractivity contribution in [2.75, 3.05) is 26.2 Å². The SMILES string of the molecule is CCc1ccc(C2/C(=C(\O)c3ccc(Cl)c(OC)c3)C(=O)C(=O)N2c2ccc(OC)c(OC)c2)cc1. The lowest BCUT2D eigenvalue weighted by Crippen LogP contribution is -2.29. The molecule has 1 aliphatic heterocycles. The zero-order valence-corrected chi connectivity index (χ0v) is 21.1. The summed E-state index contributed by atoms with van der Waals surface area (Å²) in [4.78, 5) is 28.2. The molecule has 1 heterocycles. The van der Waals surface area contributed by atoms with Gasteiger partial charge in [0.25, 0.3) is 11.7 Å². The van der Waals surface area contributed by atoms with Crippen LogP contribution >= 0.6 is 11.6 Å². The van der Waals surface area contributed by atoms with Crippen molar-refractivity contribution in [2.45, 2.75) is 19.4 Å². The Hall–Kier alpha value is -3.97. The third-order valence-electron chi connectivity index (χ3n) is 6.22. The van der Waals surface area contributed by atoms with Crippen molar-refractivity contribution < 1.29 is 28.9 Å². The Balaban J connectivity index is 1.94. The molecule has 1 aliphatic rings. The fourth-order valence-electron chi connectivity index (χ4n) is 4.29.